The predicted octanol–water partition coefficient (Wildman–Crippen LogP) is 0.238. The molecule has 1 amide bonds. The number of nitrogens with one attached hydrogen (secondary N) is 3. The molecule has 8 N–H and O–H groups in total. The van der Waals surface area contributed by atoms with Crippen LogP contribution in [0.4, 0.5) is 5.69 Å². The molecular formula is C19H25N5O6S2. The summed E-state index contributed by atoms with van der Waals surface area (Å²) in [5, 5.41) is 16.1. The van der Waals surface area contributed by atoms with Gasteiger partial charge in [0.1, 0.15) is 23.0 Å². The molecule has 32 heavy (non-hydrogen) atoms. The zero-order valence-corrected chi connectivity index (χ0v) is 18.7. The molecule has 0 aliphatic carbocycles. The van der Waals surface area contributed by atoms with Crippen LogP contribution >= 0.6 is 11.3 Å². The molecule has 0 saturated carbocycles. The van der Waals surface area contributed by atoms with Gasteiger partial charge < -0.3 is 26.6 Å². The van der Waals surface area contributed by atoms with Crippen molar-refractivity contribution < 1.29 is 27.9 Å². The van der Waals surface area contributed by atoms with Crippen LogP contribution in [0.25, 0.3) is 0 Å². The monoisotopic (exact) mass is 483 g/mol. The predicted molar refractivity (Wildman–Crippen MR) is 119 cm³/mol. The molecule has 11 nitrogen and oxygen atoms in total. The number of anilines is 1. The number of carbonyl (C=O) groups excluding carboxylic acids is 1. The number of carboxylic acids is 1. The van der Waals surface area contributed by atoms with E-state index in [0.29, 0.717) is 31.7 Å². The highest BCUT2D eigenvalue weighted by Gasteiger charge is 2.25. The normalized spacial score (nSPS) is 14.0. The fourth-order valence-electron chi connectivity index (χ4n) is 3.16. The standard InChI is InChI=1S/C19H25N5O6S2/c20-19(21)22-7-1-2-14(18(26)27)23-17(25)16-13(6-9-31-16)24-32(28,29)12-3-4-15-11(10-12)5-8-30-15/h3-4,6,9-10,14,19,22,24H,1-2,5,7-8,20-21H2,(H,23,25)(H,26,27)/t14-/m0/s1. The quantitative estimate of drug-likeness (QED) is 0.192. The van der Waals surface area contributed by atoms with Crippen LogP contribution in [-0.4, -0.2) is 50.9 Å². The van der Waals surface area contributed by atoms with Crippen LogP contribution < -0.4 is 31.6 Å². The Bertz CT molecular complexity index is 1090. The highest BCUT2D eigenvalue weighted by atomic mass is 32.2. The first-order chi connectivity index (χ1) is 15.2. The number of rotatable bonds is 11. The number of amides is 1. The van der Waals surface area contributed by atoms with Crippen molar-refractivity contribution in [1.29, 1.82) is 0 Å². The maximum absolute atomic E-state index is 12.8. The number of sulfonamides is 1. The lowest BCUT2D eigenvalue weighted by molar-refractivity contribution is -0.139. The van der Waals surface area contributed by atoms with E-state index in [1.165, 1.54) is 12.1 Å². The molecule has 2 heterocycles. The third-order valence-corrected chi connectivity index (χ3v) is 7.02. The number of hydrogen-bond donors (Lipinski definition) is 6. The Hall–Kier alpha value is -2.71. The van der Waals surface area contributed by atoms with Gasteiger partial charge in [-0.05, 0) is 54.6 Å². The van der Waals surface area contributed by atoms with Gasteiger partial charge in [0, 0.05) is 6.42 Å². The van der Waals surface area contributed by atoms with E-state index < -0.39 is 34.2 Å². The van der Waals surface area contributed by atoms with Crippen molar-refractivity contribution in [2.45, 2.75) is 36.5 Å². The number of nitrogens with two attached hydrogens (primary N) is 2. The van der Waals surface area contributed by atoms with E-state index in [0.717, 1.165) is 16.9 Å². The summed E-state index contributed by atoms with van der Waals surface area (Å²) in [5.74, 6) is -1.23. The van der Waals surface area contributed by atoms with Gasteiger partial charge in [0.25, 0.3) is 15.9 Å². The van der Waals surface area contributed by atoms with Gasteiger partial charge in [0.05, 0.1) is 17.2 Å². The Kier molecular flexibility index (Phi) is 7.69. The summed E-state index contributed by atoms with van der Waals surface area (Å²) in [4.78, 5) is 24.3. The van der Waals surface area contributed by atoms with Crippen LogP contribution in [0.2, 0.25) is 0 Å². The molecule has 0 unspecified atom stereocenters. The van der Waals surface area contributed by atoms with Crippen molar-refractivity contribution in [3.8, 4) is 5.75 Å². The zero-order chi connectivity index (χ0) is 23.3. The average Bonchev–Trinajstić information content (AvgIpc) is 3.38. The Labute approximate surface area is 189 Å². The summed E-state index contributed by atoms with van der Waals surface area (Å²) in [7, 11) is -3.96. The molecule has 0 saturated heterocycles. The van der Waals surface area contributed by atoms with Crippen LogP contribution in [0, 0.1) is 0 Å². The summed E-state index contributed by atoms with van der Waals surface area (Å²) >= 11 is 1.00. The lowest BCUT2D eigenvalue weighted by Gasteiger charge is -2.16. The van der Waals surface area contributed by atoms with Crippen molar-refractivity contribution in [1.82, 2.24) is 10.6 Å². The van der Waals surface area contributed by atoms with Crippen molar-refractivity contribution in [3.63, 3.8) is 0 Å². The highest BCUT2D eigenvalue weighted by Crippen LogP contribution is 2.30. The maximum atomic E-state index is 12.8. The molecule has 1 aromatic carbocycles. The molecule has 1 aliphatic heterocycles. The van der Waals surface area contributed by atoms with E-state index >= 15 is 0 Å². The number of hydrogen-bond acceptors (Lipinski definition) is 9. The number of ether oxygens (including phenoxy) is 1. The minimum absolute atomic E-state index is 0.0494. The van der Waals surface area contributed by atoms with Crippen molar-refractivity contribution in [3.05, 3.63) is 40.1 Å². The number of fused-ring (bicyclic) bond motifs is 1. The number of benzene rings is 1. The molecule has 0 radical (unpaired) electrons. The van der Waals surface area contributed by atoms with E-state index in [-0.39, 0.29) is 21.9 Å². The van der Waals surface area contributed by atoms with E-state index in [2.05, 4.69) is 15.4 Å². The Morgan fingerprint density at radius 2 is 2.03 bits per heavy atom. The van der Waals surface area contributed by atoms with Gasteiger partial charge in [0.15, 0.2) is 0 Å². The molecule has 0 spiro atoms. The van der Waals surface area contributed by atoms with Gasteiger partial charge >= 0.3 is 5.97 Å². The lowest BCUT2D eigenvalue weighted by Crippen LogP contribution is -2.46. The van der Waals surface area contributed by atoms with Crippen LogP contribution in [-0.2, 0) is 21.2 Å². The maximum Gasteiger partial charge on any atom is 0.326 e. The van der Waals surface area contributed by atoms with E-state index in [1.807, 2.05) is 0 Å². The van der Waals surface area contributed by atoms with Gasteiger partial charge in [0.2, 0.25) is 0 Å². The number of carbonyl (C=O) groups is 2. The summed E-state index contributed by atoms with van der Waals surface area (Å²) in [6, 6.07) is 4.87. The van der Waals surface area contributed by atoms with Gasteiger partial charge in [-0.3, -0.25) is 14.8 Å². The van der Waals surface area contributed by atoms with Crippen LogP contribution in [0.5, 0.6) is 5.75 Å². The summed E-state index contributed by atoms with van der Waals surface area (Å²) in [5.41, 5.74) is 11.6. The smallest absolute Gasteiger partial charge is 0.326 e. The van der Waals surface area contributed by atoms with Crippen LogP contribution in [0.3, 0.4) is 0 Å². The Balaban J connectivity index is 1.68. The fraction of sp³-hybridized carbons (Fsp3) is 0.368. The third kappa shape index (κ3) is 5.95. The average molecular weight is 484 g/mol. The van der Waals surface area contributed by atoms with E-state index in [1.54, 1.807) is 17.5 Å². The molecule has 0 fully saturated rings. The fourth-order valence-corrected chi connectivity index (χ4v) is 5.09. The molecule has 174 valence electrons. The van der Waals surface area contributed by atoms with E-state index in [9.17, 15) is 23.1 Å². The van der Waals surface area contributed by atoms with Crippen molar-refractivity contribution in [2.75, 3.05) is 17.9 Å². The van der Waals surface area contributed by atoms with Crippen LogP contribution in [0.15, 0.2) is 34.5 Å². The van der Waals surface area contributed by atoms with Gasteiger partial charge in [-0.1, -0.05) is 0 Å². The number of carboxylic acid groups (broad SMARTS) is 1. The first kappa shape index (κ1) is 23.9. The summed E-state index contributed by atoms with van der Waals surface area (Å²) < 4.78 is 33.5. The largest absolute Gasteiger partial charge is 0.493 e. The van der Waals surface area contributed by atoms with Gasteiger partial charge in [-0.2, -0.15) is 0 Å². The first-order valence-corrected chi connectivity index (χ1v) is 12.2. The third-order valence-electron chi connectivity index (χ3n) is 4.74. The Morgan fingerprint density at radius 3 is 2.75 bits per heavy atom. The zero-order valence-electron chi connectivity index (χ0n) is 17.0. The second-order valence-electron chi connectivity index (χ2n) is 7.12. The van der Waals surface area contributed by atoms with Crippen molar-refractivity contribution in [2.24, 2.45) is 11.5 Å². The van der Waals surface area contributed by atoms with Gasteiger partial charge in [-0.25, -0.2) is 13.2 Å². The number of aliphatic carboxylic acids is 1. The highest BCUT2D eigenvalue weighted by molar-refractivity contribution is 7.92. The van der Waals surface area contributed by atoms with E-state index in [4.69, 9.17) is 16.2 Å². The minimum Gasteiger partial charge on any atom is -0.493 e. The molecular weight excluding hydrogens is 458 g/mol. The molecule has 1 aromatic heterocycles. The number of thiophene rings is 1. The molecule has 1 aliphatic rings. The first-order valence-electron chi connectivity index (χ1n) is 9.81. The molecule has 1 atom stereocenters. The SMILES string of the molecule is NC(N)NCCC[C@H](NC(=O)c1sccc1NS(=O)(=O)c1ccc2c(c1)CCO2)C(=O)O. The summed E-state index contributed by atoms with van der Waals surface area (Å²) in [6.45, 7) is 0.883. The summed E-state index contributed by atoms with van der Waals surface area (Å²) in [6.07, 6.45) is 0.458. The molecule has 2 aromatic rings. The topological polar surface area (TPSA) is 186 Å². The van der Waals surface area contributed by atoms with Crippen molar-refractivity contribution >= 4 is 38.9 Å². The second-order valence-corrected chi connectivity index (χ2v) is 9.72. The minimum atomic E-state index is -3.96. The van der Waals surface area contributed by atoms with Crippen LogP contribution in [0.1, 0.15) is 28.1 Å². The Morgan fingerprint density at radius 1 is 1.25 bits per heavy atom. The van der Waals surface area contributed by atoms with Gasteiger partial charge in [-0.15, -0.1) is 11.3 Å². The molecule has 0 bridgehead atoms. The lowest BCUT2D eigenvalue weighted by atomic mass is 10.1. The molecule has 3 rings (SSSR count). The molecule has 13 heteroatoms. The second kappa shape index (κ2) is 10.3.